The van der Waals surface area contributed by atoms with E-state index in [0.717, 1.165) is 5.56 Å². The number of benzene rings is 2. The van der Waals surface area contributed by atoms with Gasteiger partial charge in [-0.3, -0.25) is 9.59 Å². The first-order valence-corrected chi connectivity index (χ1v) is 9.41. The number of piperazine rings is 1. The Labute approximate surface area is 168 Å². The van der Waals surface area contributed by atoms with Crippen molar-refractivity contribution >= 4 is 35.0 Å². The van der Waals surface area contributed by atoms with Gasteiger partial charge in [0.05, 0.1) is 5.02 Å². The predicted molar refractivity (Wildman–Crippen MR) is 106 cm³/mol. The van der Waals surface area contributed by atoms with Gasteiger partial charge in [0.25, 0.3) is 11.8 Å². The monoisotopic (exact) mass is 406 g/mol. The largest absolute Gasteiger partial charge is 0.482 e. The van der Waals surface area contributed by atoms with Crippen molar-refractivity contribution in [2.75, 3.05) is 32.8 Å². The summed E-state index contributed by atoms with van der Waals surface area (Å²) in [5, 5.41) is 0.872. The number of hydrogen-bond donors (Lipinski definition) is 0. The minimum atomic E-state index is -0.135. The van der Waals surface area contributed by atoms with Crippen LogP contribution in [0.15, 0.2) is 42.5 Å². The maximum atomic E-state index is 12.6. The smallest absolute Gasteiger partial charge is 0.260 e. The van der Waals surface area contributed by atoms with Crippen molar-refractivity contribution in [2.24, 2.45) is 0 Å². The van der Waals surface area contributed by atoms with Gasteiger partial charge in [0, 0.05) is 36.8 Å². The van der Waals surface area contributed by atoms with Gasteiger partial charge in [0.1, 0.15) is 5.75 Å². The zero-order chi connectivity index (χ0) is 19.4. The fraction of sp³-hybridized carbons (Fsp3) is 0.300. The lowest BCUT2D eigenvalue weighted by atomic mass is 10.1. The van der Waals surface area contributed by atoms with Crippen LogP contribution in [0.3, 0.4) is 0 Å². The summed E-state index contributed by atoms with van der Waals surface area (Å²) < 4.78 is 5.50. The Kier molecular flexibility index (Phi) is 6.24. The summed E-state index contributed by atoms with van der Waals surface area (Å²) in [7, 11) is 0. The summed E-state index contributed by atoms with van der Waals surface area (Å²) in [6, 6.07) is 12.4. The van der Waals surface area contributed by atoms with E-state index < -0.39 is 0 Å². The van der Waals surface area contributed by atoms with Crippen molar-refractivity contribution in [2.45, 2.75) is 6.92 Å². The molecule has 1 saturated heterocycles. The van der Waals surface area contributed by atoms with Crippen molar-refractivity contribution in [1.29, 1.82) is 0 Å². The Morgan fingerprint density at radius 2 is 1.70 bits per heavy atom. The first-order chi connectivity index (χ1) is 12.9. The molecule has 0 aliphatic carbocycles. The molecule has 142 valence electrons. The first-order valence-electron chi connectivity index (χ1n) is 8.65. The second-order valence-corrected chi connectivity index (χ2v) is 7.25. The highest BCUT2D eigenvalue weighted by Crippen LogP contribution is 2.27. The Bertz CT molecular complexity index is 849. The number of carbonyl (C=O) groups is 2. The summed E-state index contributed by atoms with van der Waals surface area (Å²) in [5.41, 5.74) is 1.73. The third-order valence-corrected chi connectivity index (χ3v) is 4.96. The lowest BCUT2D eigenvalue weighted by Crippen LogP contribution is -2.51. The molecule has 3 rings (SSSR count). The topological polar surface area (TPSA) is 49.9 Å². The molecule has 1 fully saturated rings. The summed E-state index contributed by atoms with van der Waals surface area (Å²) in [6.07, 6.45) is 0. The van der Waals surface area contributed by atoms with E-state index in [9.17, 15) is 9.59 Å². The van der Waals surface area contributed by atoms with Crippen molar-refractivity contribution < 1.29 is 14.3 Å². The van der Waals surface area contributed by atoms with E-state index in [1.54, 1.807) is 28.0 Å². The number of rotatable bonds is 4. The number of nitrogens with zero attached hydrogens (tertiary/aromatic N) is 2. The Morgan fingerprint density at radius 1 is 1.00 bits per heavy atom. The summed E-state index contributed by atoms with van der Waals surface area (Å²) in [4.78, 5) is 28.4. The lowest BCUT2D eigenvalue weighted by Gasteiger charge is -2.34. The molecule has 0 atom stereocenters. The highest BCUT2D eigenvalue weighted by atomic mass is 35.5. The van der Waals surface area contributed by atoms with Crippen molar-refractivity contribution in [3.8, 4) is 5.75 Å². The molecule has 0 spiro atoms. The zero-order valence-electron chi connectivity index (χ0n) is 15.0. The molecule has 2 aromatic rings. The zero-order valence-corrected chi connectivity index (χ0v) is 16.5. The van der Waals surface area contributed by atoms with Crippen LogP contribution in [-0.2, 0) is 4.79 Å². The molecule has 0 radical (unpaired) electrons. The Morgan fingerprint density at radius 3 is 2.37 bits per heavy atom. The van der Waals surface area contributed by atoms with Crippen LogP contribution in [0.4, 0.5) is 0 Å². The van der Waals surface area contributed by atoms with Crippen LogP contribution in [0, 0.1) is 6.92 Å². The number of aryl methyl sites for hydroxylation is 1. The van der Waals surface area contributed by atoms with Crippen LogP contribution in [0.25, 0.3) is 0 Å². The predicted octanol–water partition coefficient (Wildman–Crippen LogP) is 3.67. The molecule has 0 bridgehead atoms. The van der Waals surface area contributed by atoms with Crippen LogP contribution in [0.5, 0.6) is 5.75 Å². The average molecular weight is 407 g/mol. The van der Waals surface area contributed by atoms with Gasteiger partial charge in [-0.15, -0.1) is 0 Å². The van der Waals surface area contributed by atoms with E-state index in [4.69, 9.17) is 27.9 Å². The quantitative estimate of drug-likeness (QED) is 0.777. The van der Waals surface area contributed by atoms with Crippen LogP contribution >= 0.6 is 23.2 Å². The molecule has 1 aliphatic rings. The molecule has 0 unspecified atom stereocenters. The molecule has 0 N–H and O–H groups in total. The third-order valence-electron chi connectivity index (χ3n) is 4.43. The van der Waals surface area contributed by atoms with Gasteiger partial charge in [-0.05, 0) is 37.3 Å². The number of halogens is 2. The van der Waals surface area contributed by atoms with Gasteiger partial charge < -0.3 is 14.5 Å². The second-order valence-electron chi connectivity index (χ2n) is 6.41. The van der Waals surface area contributed by atoms with E-state index in [1.165, 1.54) is 0 Å². The molecular weight excluding hydrogens is 387 g/mol. The van der Waals surface area contributed by atoms with Gasteiger partial charge in [0.15, 0.2) is 6.61 Å². The van der Waals surface area contributed by atoms with Gasteiger partial charge in [-0.1, -0.05) is 40.9 Å². The first kappa shape index (κ1) is 19.5. The van der Waals surface area contributed by atoms with E-state index in [0.29, 0.717) is 47.5 Å². The van der Waals surface area contributed by atoms with Crippen molar-refractivity contribution in [3.63, 3.8) is 0 Å². The standard InChI is InChI=1S/C20H20Cl2N2O3/c1-14-3-2-4-15(11-14)20(26)24-9-7-23(8-10-24)19(25)13-27-18-6-5-16(21)12-17(18)22/h2-6,11-12H,7-10,13H2,1H3. The molecular formula is C20H20Cl2N2O3. The average Bonchev–Trinajstić information content (AvgIpc) is 2.66. The fourth-order valence-corrected chi connectivity index (χ4v) is 3.41. The van der Waals surface area contributed by atoms with Crippen LogP contribution < -0.4 is 4.74 Å². The molecule has 0 aromatic heterocycles. The minimum Gasteiger partial charge on any atom is -0.482 e. The summed E-state index contributed by atoms with van der Waals surface area (Å²) >= 11 is 11.9. The minimum absolute atomic E-state index is 0.00463. The fourth-order valence-electron chi connectivity index (χ4n) is 2.94. The van der Waals surface area contributed by atoms with Crippen LogP contribution in [0.2, 0.25) is 10.0 Å². The van der Waals surface area contributed by atoms with Crippen LogP contribution in [0.1, 0.15) is 15.9 Å². The van der Waals surface area contributed by atoms with Gasteiger partial charge in [-0.2, -0.15) is 0 Å². The maximum absolute atomic E-state index is 12.6. The SMILES string of the molecule is Cc1cccc(C(=O)N2CCN(C(=O)COc3ccc(Cl)cc3Cl)CC2)c1. The van der Waals surface area contributed by atoms with Crippen molar-refractivity contribution in [1.82, 2.24) is 9.80 Å². The molecule has 2 aromatic carbocycles. The number of hydrogen-bond acceptors (Lipinski definition) is 3. The van der Waals surface area contributed by atoms with Gasteiger partial charge in [-0.25, -0.2) is 0 Å². The van der Waals surface area contributed by atoms with Crippen LogP contribution in [-0.4, -0.2) is 54.4 Å². The third kappa shape index (κ3) is 4.93. The Hall–Kier alpha value is -2.24. The summed E-state index contributed by atoms with van der Waals surface area (Å²) in [6.45, 7) is 3.82. The second kappa shape index (κ2) is 8.63. The maximum Gasteiger partial charge on any atom is 0.260 e. The number of carbonyl (C=O) groups excluding carboxylic acids is 2. The van der Waals surface area contributed by atoms with E-state index in [-0.39, 0.29) is 18.4 Å². The molecule has 0 saturated carbocycles. The number of amides is 2. The van der Waals surface area contributed by atoms with Gasteiger partial charge in [0.2, 0.25) is 0 Å². The number of ether oxygens (including phenoxy) is 1. The van der Waals surface area contributed by atoms with E-state index in [1.807, 2.05) is 31.2 Å². The highest BCUT2D eigenvalue weighted by Gasteiger charge is 2.25. The molecule has 1 heterocycles. The molecule has 5 nitrogen and oxygen atoms in total. The highest BCUT2D eigenvalue weighted by molar-refractivity contribution is 6.35. The molecule has 1 aliphatic heterocycles. The Balaban J connectivity index is 1.51. The molecule has 7 heteroatoms. The van der Waals surface area contributed by atoms with E-state index in [2.05, 4.69) is 0 Å². The van der Waals surface area contributed by atoms with E-state index >= 15 is 0 Å². The van der Waals surface area contributed by atoms with Gasteiger partial charge >= 0.3 is 0 Å². The lowest BCUT2D eigenvalue weighted by molar-refractivity contribution is -0.134. The van der Waals surface area contributed by atoms with Crippen molar-refractivity contribution in [3.05, 3.63) is 63.6 Å². The molecule has 27 heavy (non-hydrogen) atoms. The normalized spacial score (nSPS) is 14.2. The molecule has 2 amide bonds. The summed E-state index contributed by atoms with van der Waals surface area (Å²) in [5.74, 6) is 0.279.